The van der Waals surface area contributed by atoms with Gasteiger partial charge in [-0.1, -0.05) is 24.3 Å². The zero-order valence-corrected chi connectivity index (χ0v) is 15.7. The molecule has 6 nitrogen and oxygen atoms in total. The van der Waals surface area contributed by atoms with Gasteiger partial charge in [-0.25, -0.2) is 8.42 Å². The van der Waals surface area contributed by atoms with Crippen LogP contribution in [0.15, 0.2) is 54.9 Å². The maximum Gasteiger partial charge on any atom is 0.229 e. The fraction of sp³-hybridized carbons (Fsp3) is 0.316. The van der Waals surface area contributed by atoms with E-state index in [-0.39, 0.29) is 0 Å². The van der Waals surface area contributed by atoms with Crippen molar-refractivity contribution >= 4 is 27.5 Å². The molecule has 0 amide bonds. The summed E-state index contributed by atoms with van der Waals surface area (Å²) in [5.74, 6) is 0. The summed E-state index contributed by atoms with van der Waals surface area (Å²) in [5.41, 5.74) is 2.87. The van der Waals surface area contributed by atoms with Crippen molar-refractivity contribution < 1.29 is 8.42 Å². The van der Waals surface area contributed by atoms with Crippen molar-refractivity contribution in [1.82, 2.24) is 9.88 Å². The molecule has 0 saturated carbocycles. The summed E-state index contributed by atoms with van der Waals surface area (Å²) in [6.45, 7) is 5.01. The molecule has 0 bridgehead atoms. The minimum absolute atomic E-state index is 0.580. The van der Waals surface area contributed by atoms with Gasteiger partial charge in [0.15, 0.2) is 0 Å². The van der Waals surface area contributed by atoms with Crippen LogP contribution in [0.25, 0.3) is 6.08 Å². The van der Waals surface area contributed by atoms with E-state index in [1.807, 2.05) is 24.5 Å². The van der Waals surface area contributed by atoms with Crippen LogP contribution in [0.4, 0.5) is 11.4 Å². The summed E-state index contributed by atoms with van der Waals surface area (Å²) in [7, 11) is -3.23. The van der Waals surface area contributed by atoms with Gasteiger partial charge in [0.05, 0.1) is 6.26 Å². The summed E-state index contributed by atoms with van der Waals surface area (Å²) >= 11 is 0. The van der Waals surface area contributed by atoms with Gasteiger partial charge in [-0.15, -0.1) is 0 Å². The van der Waals surface area contributed by atoms with Crippen LogP contribution < -0.4 is 9.62 Å². The van der Waals surface area contributed by atoms with Crippen molar-refractivity contribution in [3.63, 3.8) is 0 Å². The Hall–Kier alpha value is -2.38. The van der Waals surface area contributed by atoms with E-state index in [1.165, 1.54) is 5.69 Å². The molecule has 7 heteroatoms. The van der Waals surface area contributed by atoms with E-state index in [9.17, 15) is 8.42 Å². The first-order chi connectivity index (χ1) is 12.5. The minimum atomic E-state index is -3.23. The second-order valence-electron chi connectivity index (χ2n) is 6.39. The number of nitrogens with one attached hydrogen (secondary N) is 1. The smallest absolute Gasteiger partial charge is 0.229 e. The monoisotopic (exact) mass is 372 g/mol. The number of rotatable bonds is 6. The Labute approximate surface area is 155 Å². The number of piperazine rings is 1. The fourth-order valence-electron chi connectivity index (χ4n) is 2.96. The van der Waals surface area contributed by atoms with E-state index in [1.54, 1.807) is 12.1 Å². The van der Waals surface area contributed by atoms with E-state index in [4.69, 9.17) is 0 Å². The lowest BCUT2D eigenvalue weighted by Gasteiger charge is -2.35. The largest absolute Gasteiger partial charge is 0.369 e. The van der Waals surface area contributed by atoms with Crippen molar-refractivity contribution in [2.45, 2.75) is 0 Å². The van der Waals surface area contributed by atoms with Crippen LogP contribution in [0, 0.1) is 0 Å². The number of nitrogens with zero attached hydrogens (tertiary/aromatic N) is 3. The lowest BCUT2D eigenvalue weighted by atomic mass is 10.2. The highest BCUT2D eigenvalue weighted by Gasteiger charge is 2.15. The highest BCUT2D eigenvalue weighted by Crippen LogP contribution is 2.15. The molecule has 3 rings (SSSR count). The van der Waals surface area contributed by atoms with Gasteiger partial charge in [0.2, 0.25) is 10.0 Å². The van der Waals surface area contributed by atoms with Gasteiger partial charge in [-0.2, -0.15) is 0 Å². The Kier molecular flexibility index (Phi) is 5.90. The first kappa shape index (κ1) is 18.4. The number of pyridine rings is 1. The van der Waals surface area contributed by atoms with Crippen molar-refractivity contribution in [3.8, 4) is 0 Å². The summed E-state index contributed by atoms with van der Waals surface area (Å²) < 4.78 is 24.9. The molecule has 2 aromatic rings. The SMILES string of the molecule is CS(=O)(=O)Nc1ccc(C=CCN2CCN(c3ccncc3)CC2)cc1. The first-order valence-electron chi connectivity index (χ1n) is 8.61. The molecule has 1 saturated heterocycles. The lowest BCUT2D eigenvalue weighted by molar-refractivity contribution is 0.284. The van der Waals surface area contributed by atoms with Crippen LogP contribution in [0.3, 0.4) is 0 Å². The Morgan fingerprint density at radius 3 is 2.31 bits per heavy atom. The highest BCUT2D eigenvalue weighted by atomic mass is 32.2. The molecule has 1 N–H and O–H groups in total. The van der Waals surface area contributed by atoms with Gasteiger partial charge in [0.25, 0.3) is 0 Å². The molecule has 1 fully saturated rings. The number of sulfonamides is 1. The third-order valence-electron chi connectivity index (χ3n) is 4.29. The molecular weight excluding hydrogens is 348 g/mol. The molecule has 0 spiro atoms. The predicted molar refractivity (Wildman–Crippen MR) is 107 cm³/mol. The van der Waals surface area contributed by atoms with Crippen LogP contribution in [-0.2, 0) is 10.0 Å². The van der Waals surface area contributed by atoms with Gasteiger partial charge in [-0.3, -0.25) is 14.6 Å². The van der Waals surface area contributed by atoms with Crippen molar-refractivity contribution in [2.24, 2.45) is 0 Å². The zero-order valence-electron chi connectivity index (χ0n) is 14.9. The number of anilines is 2. The summed E-state index contributed by atoms with van der Waals surface area (Å²) in [6, 6.07) is 11.5. The van der Waals surface area contributed by atoms with Crippen LogP contribution in [-0.4, -0.2) is 57.3 Å². The molecule has 0 unspecified atom stereocenters. The van der Waals surface area contributed by atoms with E-state index >= 15 is 0 Å². The van der Waals surface area contributed by atoms with Gasteiger partial charge >= 0.3 is 0 Å². The topological polar surface area (TPSA) is 65.5 Å². The van der Waals surface area contributed by atoms with Crippen LogP contribution in [0.1, 0.15) is 5.56 Å². The third kappa shape index (κ3) is 5.57. The Morgan fingerprint density at radius 1 is 1.04 bits per heavy atom. The van der Waals surface area contributed by atoms with E-state index in [0.717, 1.165) is 44.5 Å². The van der Waals surface area contributed by atoms with Crippen LogP contribution >= 0.6 is 0 Å². The molecule has 1 aliphatic heterocycles. The van der Waals surface area contributed by atoms with Crippen molar-refractivity contribution in [3.05, 3.63) is 60.4 Å². The summed E-state index contributed by atoms with van der Waals surface area (Å²) in [6.07, 6.45) is 9.04. The fourth-order valence-corrected chi connectivity index (χ4v) is 3.52. The molecule has 1 aromatic heterocycles. The molecule has 0 aliphatic carbocycles. The molecular formula is C19H24N4O2S. The molecule has 138 valence electrons. The normalized spacial score (nSPS) is 16.1. The Balaban J connectivity index is 1.46. The highest BCUT2D eigenvalue weighted by molar-refractivity contribution is 7.92. The Bertz CT molecular complexity index is 828. The van der Waals surface area contributed by atoms with Crippen LogP contribution in [0.2, 0.25) is 0 Å². The minimum Gasteiger partial charge on any atom is -0.369 e. The third-order valence-corrected chi connectivity index (χ3v) is 4.89. The molecule has 2 heterocycles. The summed E-state index contributed by atoms with van der Waals surface area (Å²) in [4.78, 5) is 8.88. The first-order valence-corrected chi connectivity index (χ1v) is 10.5. The number of benzene rings is 1. The number of aromatic nitrogens is 1. The summed E-state index contributed by atoms with van der Waals surface area (Å²) in [5, 5.41) is 0. The van der Waals surface area contributed by atoms with Gasteiger partial charge < -0.3 is 4.90 Å². The lowest BCUT2D eigenvalue weighted by Crippen LogP contribution is -2.46. The average molecular weight is 372 g/mol. The van der Waals surface area contributed by atoms with E-state index < -0.39 is 10.0 Å². The molecule has 0 atom stereocenters. The Morgan fingerprint density at radius 2 is 1.69 bits per heavy atom. The van der Waals surface area contributed by atoms with Gasteiger partial charge in [0, 0.05) is 56.5 Å². The second kappa shape index (κ2) is 8.33. The average Bonchev–Trinajstić information content (AvgIpc) is 2.63. The molecule has 0 radical (unpaired) electrons. The van der Waals surface area contributed by atoms with Crippen molar-refractivity contribution in [1.29, 1.82) is 0 Å². The quantitative estimate of drug-likeness (QED) is 0.843. The molecule has 1 aliphatic rings. The van der Waals surface area contributed by atoms with Gasteiger partial charge in [0.1, 0.15) is 0 Å². The number of hydrogen-bond acceptors (Lipinski definition) is 5. The van der Waals surface area contributed by atoms with Gasteiger partial charge in [-0.05, 0) is 29.8 Å². The molecule has 26 heavy (non-hydrogen) atoms. The van der Waals surface area contributed by atoms with Crippen LogP contribution in [0.5, 0.6) is 0 Å². The maximum atomic E-state index is 11.2. The second-order valence-corrected chi connectivity index (χ2v) is 8.14. The zero-order chi connectivity index (χ0) is 18.4. The maximum absolute atomic E-state index is 11.2. The van der Waals surface area contributed by atoms with E-state index in [2.05, 4.69) is 43.8 Å². The van der Waals surface area contributed by atoms with Crippen molar-refractivity contribution in [2.75, 3.05) is 48.6 Å². The number of hydrogen-bond donors (Lipinski definition) is 1. The predicted octanol–water partition coefficient (Wildman–Crippen LogP) is 2.29. The van der Waals surface area contributed by atoms with E-state index in [0.29, 0.717) is 5.69 Å². The standard InChI is InChI=1S/C19H24N4O2S/c1-26(24,25)21-18-6-4-17(5-7-18)3-2-12-22-13-15-23(16-14-22)19-8-10-20-11-9-19/h2-11,21H,12-16H2,1H3. The molecule has 1 aromatic carbocycles.